The van der Waals surface area contributed by atoms with Crippen LogP contribution in [0.3, 0.4) is 0 Å². The Hall–Kier alpha value is -2.07. The van der Waals surface area contributed by atoms with Gasteiger partial charge in [0.05, 0.1) is 19.0 Å². The summed E-state index contributed by atoms with van der Waals surface area (Å²) in [6, 6.07) is 13.6. The van der Waals surface area contributed by atoms with E-state index in [1.54, 1.807) is 17.0 Å². The quantitative estimate of drug-likeness (QED) is 0.860. The molecular weight excluding hydrogens is 254 g/mol. The van der Waals surface area contributed by atoms with Crippen molar-refractivity contribution >= 4 is 5.91 Å². The Labute approximate surface area is 118 Å². The molecule has 1 saturated heterocycles. The highest BCUT2D eigenvalue weighted by Gasteiger charge is 2.26. The van der Waals surface area contributed by atoms with Gasteiger partial charge in [-0.05, 0) is 17.7 Å². The van der Waals surface area contributed by atoms with Crippen molar-refractivity contribution in [2.45, 2.75) is 12.5 Å². The van der Waals surface area contributed by atoms with Crippen molar-refractivity contribution in [2.24, 2.45) is 0 Å². The lowest BCUT2D eigenvalue weighted by molar-refractivity contribution is -0.0217. The summed E-state index contributed by atoms with van der Waals surface area (Å²) in [4.78, 5) is 14.0. The summed E-state index contributed by atoms with van der Waals surface area (Å²) in [6.45, 7) is 1.79. The van der Waals surface area contributed by atoms with E-state index in [0.29, 0.717) is 25.5 Å². The van der Waals surface area contributed by atoms with Gasteiger partial charge in [0.1, 0.15) is 0 Å². The summed E-state index contributed by atoms with van der Waals surface area (Å²) in [5, 5.41) is 0. The summed E-state index contributed by atoms with van der Waals surface area (Å²) < 4.78 is 10.9. The zero-order valence-corrected chi connectivity index (χ0v) is 11.2. The van der Waals surface area contributed by atoms with Gasteiger partial charge in [0, 0.05) is 19.5 Å². The first kappa shape index (κ1) is 12.9. The summed E-state index contributed by atoms with van der Waals surface area (Å²) >= 11 is 0. The van der Waals surface area contributed by atoms with Crippen molar-refractivity contribution in [3.8, 4) is 0 Å². The van der Waals surface area contributed by atoms with Crippen LogP contribution in [0.5, 0.6) is 0 Å². The number of ether oxygens (including phenoxy) is 1. The first-order valence-corrected chi connectivity index (χ1v) is 6.81. The van der Waals surface area contributed by atoms with Gasteiger partial charge in [0.25, 0.3) is 5.91 Å². The van der Waals surface area contributed by atoms with Gasteiger partial charge >= 0.3 is 0 Å². The molecule has 104 valence electrons. The van der Waals surface area contributed by atoms with E-state index in [2.05, 4.69) is 12.1 Å². The average molecular weight is 271 g/mol. The fourth-order valence-electron chi connectivity index (χ4n) is 2.46. The second-order valence-electron chi connectivity index (χ2n) is 4.91. The maximum Gasteiger partial charge on any atom is 0.289 e. The SMILES string of the molecule is O=C(c1ccco1)N1CCOC(Cc2ccccc2)C1. The van der Waals surface area contributed by atoms with Gasteiger partial charge < -0.3 is 14.1 Å². The van der Waals surface area contributed by atoms with Crippen molar-refractivity contribution in [1.29, 1.82) is 0 Å². The number of rotatable bonds is 3. The molecule has 1 aromatic heterocycles. The number of carbonyl (C=O) groups excluding carboxylic acids is 1. The number of nitrogens with zero attached hydrogens (tertiary/aromatic N) is 1. The predicted molar refractivity (Wildman–Crippen MR) is 74.5 cm³/mol. The minimum atomic E-state index is -0.0589. The molecule has 1 atom stereocenters. The first-order valence-electron chi connectivity index (χ1n) is 6.81. The number of benzene rings is 1. The maximum absolute atomic E-state index is 12.2. The lowest BCUT2D eigenvalue weighted by Crippen LogP contribution is -2.46. The van der Waals surface area contributed by atoms with Gasteiger partial charge in [-0.15, -0.1) is 0 Å². The molecule has 1 amide bonds. The largest absolute Gasteiger partial charge is 0.459 e. The smallest absolute Gasteiger partial charge is 0.289 e. The highest BCUT2D eigenvalue weighted by Crippen LogP contribution is 2.14. The molecule has 0 radical (unpaired) electrons. The van der Waals surface area contributed by atoms with Crippen LogP contribution in [0.1, 0.15) is 16.1 Å². The van der Waals surface area contributed by atoms with E-state index in [-0.39, 0.29) is 12.0 Å². The van der Waals surface area contributed by atoms with Crippen LogP contribution in [0.25, 0.3) is 0 Å². The van der Waals surface area contributed by atoms with Gasteiger partial charge in [0.2, 0.25) is 0 Å². The topological polar surface area (TPSA) is 42.7 Å². The minimum Gasteiger partial charge on any atom is -0.459 e. The van der Waals surface area contributed by atoms with Crippen LogP contribution in [-0.4, -0.2) is 36.6 Å². The molecule has 20 heavy (non-hydrogen) atoms. The number of furan rings is 1. The normalized spacial score (nSPS) is 19.0. The Balaban J connectivity index is 1.63. The summed E-state index contributed by atoms with van der Waals surface area (Å²) in [6.07, 6.45) is 2.39. The van der Waals surface area contributed by atoms with Crippen LogP contribution in [0.15, 0.2) is 53.1 Å². The molecule has 0 saturated carbocycles. The van der Waals surface area contributed by atoms with Gasteiger partial charge in [-0.3, -0.25) is 4.79 Å². The first-order chi connectivity index (χ1) is 9.83. The highest BCUT2D eigenvalue weighted by molar-refractivity contribution is 5.91. The predicted octanol–water partition coefficient (Wildman–Crippen LogP) is 2.36. The van der Waals surface area contributed by atoms with E-state index in [0.717, 1.165) is 6.42 Å². The van der Waals surface area contributed by atoms with Gasteiger partial charge in [0.15, 0.2) is 5.76 Å². The maximum atomic E-state index is 12.2. The van der Waals surface area contributed by atoms with E-state index >= 15 is 0 Å². The fraction of sp³-hybridized carbons (Fsp3) is 0.312. The lowest BCUT2D eigenvalue weighted by Gasteiger charge is -2.32. The molecule has 1 unspecified atom stereocenters. The number of morpholine rings is 1. The Bertz CT molecular complexity index is 550. The van der Waals surface area contributed by atoms with Crippen molar-refractivity contribution in [3.05, 3.63) is 60.1 Å². The van der Waals surface area contributed by atoms with Crippen LogP contribution in [0.4, 0.5) is 0 Å². The highest BCUT2D eigenvalue weighted by atomic mass is 16.5. The van der Waals surface area contributed by atoms with E-state index in [1.165, 1.54) is 11.8 Å². The van der Waals surface area contributed by atoms with Crippen molar-refractivity contribution in [3.63, 3.8) is 0 Å². The van der Waals surface area contributed by atoms with Crippen LogP contribution >= 0.6 is 0 Å². The molecule has 1 fully saturated rings. The molecule has 4 nitrogen and oxygen atoms in total. The van der Waals surface area contributed by atoms with Gasteiger partial charge in [-0.1, -0.05) is 30.3 Å². The molecule has 1 aromatic carbocycles. The van der Waals surface area contributed by atoms with Crippen LogP contribution in [0.2, 0.25) is 0 Å². The molecule has 0 spiro atoms. The van der Waals surface area contributed by atoms with E-state index in [9.17, 15) is 4.79 Å². The van der Waals surface area contributed by atoms with Gasteiger partial charge in [-0.25, -0.2) is 0 Å². The standard InChI is InChI=1S/C16H17NO3/c18-16(15-7-4-9-20-15)17-8-10-19-14(12-17)11-13-5-2-1-3-6-13/h1-7,9,14H,8,10-12H2. The molecule has 4 heteroatoms. The molecular formula is C16H17NO3. The molecule has 3 rings (SSSR count). The molecule has 2 aromatic rings. The second-order valence-corrected chi connectivity index (χ2v) is 4.91. The average Bonchev–Trinajstić information content (AvgIpc) is 3.02. The minimum absolute atomic E-state index is 0.0464. The Kier molecular flexibility index (Phi) is 3.83. The third kappa shape index (κ3) is 2.91. The van der Waals surface area contributed by atoms with Crippen LogP contribution in [0, 0.1) is 0 Å². The summed E-state index contributed by atoms with van der Waals surface area (Å²) in [7, 11) is 0. The molecule has 1 aliphatic rings. The zero-order chi connectivity index (χ0) is 13.8. The summed E-state index contributed by atoms with van der Waals surface area (Å²) in [5.41, 5.74) is 1.23. The Morgan fingerprint density at radius 3 is 2.80 bits per heavy atom. The van der Waals surface area contributed by atoms with Gasteiger partial charge in [-0.2, -0.15) is 0 Å². The number of carbonyl (C=O) groups is 1. The lowest BCUT2D eigenvalue weighted by atomic mass is 10.1. The van der Waals surface area contributed by atoms with Crippen LogP contribution < -0.4 is 0 Å². The molecule has 0 bridgehead atoms. The van der Waals surface area contributed by atoms with Crippen molar-refractivity contribution in [2.75, 3.05) is 19.7 Å². The fourth-order valence-corrected chi connectivity index (χ4v) is 2.46. The second kappa shape index (κ2) is 5.92. The van der Waals surface area contributed by atoms with E-state index in [1.807, 2.05) is 18.2 Å². The molecule has 1 aliphatic heterocycles. The van der Waals surface area contributed by atoms with Crippen molar-refractivity contribution in [1.82, 2.24) is 4.90 Å². The Morgan fingerprint density at radius 2 is 2.05 bits per heavy atom. The number of hydrogen-bond acceptors (Lipinski definition) is 3. The molecule has 2 heterocycles. The monoisotopic (exact) mass is 271 g/mol. The summed E-state index contributed by atoms with van der Waals surface area (Å²) in [5.74, 6) is 0.335. The van der Waals surface area contributed by atoms with Crippen molar-refractivity contribution < 1.29 is 13.9 Å². The number of amides is 1. The third-order valence-electron chi connectivity index (χ3n) is 3.46. The van der Waals surface area contributed by atoms with E-state index in [4.69, 9.17) is 9.15 Å². The third-order valence-corrected chi connectivity index (χ3v) is 3.46. The van der Waals surface area contributed by atoms with E-state index < -0.39 is 0 Å². The zero-order valence-electron chi connectivity index (χ0n) is 11.2. The molecule has 0 aliphatic carbocycles. The Morgan fingerprint density at radius 1 is 1.20 bits per heavy atom. The van der Waals surface area contributed by atoms with Crippen LogP contribution in [-0.2, 0) is 11.2 Å². The molecule has 0 N–H and O–H groups in total. The number of hydrogen-bond donors (Lipinski definition) is 0.